The molecule has 1 saturated heterocycles. The van der Waals surface area contributed by atoms with E-state index in [1.807, 2.05) is 24.0 Å². The van der Waals surface area contributed by atoms with Gasteiger partial charge in [-0.05, 0) is 12.5 Å². The Morgan fingerprint density at radius 1 is 1.26 bits per heavy atom. The minimum Gasteiger partial charge on any atom is -0.383 e. The summed E-state index contributed by atoms with van der Waals surface area (Å²) in [5.74, 6) is 0.950. The maximum absolute atomic E-state index is 11.9. The number of nitrogens with zero attached hydrogens (tertiary/aromatic N) is 5. The van der Waals surface area contributed by atoms with E-state index in [1.54, 1.807) is 14.2 Å². The van der Waals surface area contributed by atoms with Gasteiger partial charge in [0.2, 0.25) is 5.91 Å². The number of aliphatic imine (C=N–C) groups is 1. The molecule has 2 rings (SSSR count). The number of guanidine groups is 1. The number of aromatic nitrogens is 2. The van der Waals surface area contributed by atoms with Crippen molar-refractivity contribution < 1.29 is 9.53 Å². The molecule has 9 nitrogen and oxygen atoms in total. The molecule has 0 atom stereocenters. The van der Waals surface area contributed by atoms with Gasteiger partial charge in [-0.25, -0.2) is 0 Å². The number of carbonyl (C=O) groups is 1. The lowest BCUT2D eigenvalue weighted by atomic mass is 10.3. The Morgan fingerprint density at radius 3 is 2.59 bits per heavy atom. The highest BCUT2D eigenvalue weighted by Crippen LogP contribution is 2.02. The van der Waals surface area contributed by atoms with Gasteiger partial charge in [-0.2, -0.15) is 5.10 Å². The molecule has 0 bridgehead atoms. The van der Waals surface area contributed by atoms with E-state index in [9.17, 15) is 4.79 Å². The first kappa shape index (κ1) is 23.6. The van der Waals surface area contributed by atoms with E-state index in [-0.39, 0.29) is 29.9 Å². The standard InChI is InChI=1S/C17H31N7O2.HI/c1-15-12-21-24(13-15)6-4-20-17(18-2)23-9-7-22(8-10-23)14-16(25)19-5-11-26-3;/h12-13H,4-11,14H2,1-3H3,(H,18,20)(H,19,25);1H. The Morgan fingerprint density at radius 2 is 2.00 bits per heavy atom. The summed E-state index contributed by atoms with van der Waals surface area (Å²) in [5.41, 5.74) is 1.16. The first-order valence-corrected chi connectivity index (χ1v) is 9.05. The summed E-state index contributed by atoms with van der Waals surface area (Å²) in [6, 6.07) is 0. The Kier molecular flexibility index (Phi) is 11.3. The van der Waals surface area contributed by atoms with Crippen LogP contribution >= 0.6 is 24.0 Å². The van der Waals surface area contributed by atoms with E-state index in [0.29, 0.717) is 19.7 Å². The minimum atomic E-state index is 0. The van der Waals surface area contributed by atoms with Gasteiger partial charge in [-0.3, -0.25) is 19.4 Å². The van der Waals surface area contributed by atoms with E-state index in [1.165, 1.54) is 0 Å². The van der Waals surface area contributed by atoms with Crippen molar-refractivity contribution in [3.05, 3.63) is 18.0 Å². The normalized spacial score (nSPS) is 15.4. The summed E-state index contributed by atoms with van der Waals surface area (Å²) in [6.45, 7) is 8.53. The van der Waals surface area contributed by atoms with Crippen LogP contribution in [-0.4, -0.2) is 98.0 Å². The van der Waals surface area contributed by atoms with Crippen LogP contribution in [0.25, 0.3) is 0 Å². The van der Waals surface area contributed by atoms with E-state index >= 15 is 0 Å². The number of piperazine rings is 1. The fourth-order valence-electron chi connectivity index (χ4n) is 2.87. The number of carbonyl (C=O) groups excluding carboxylic acids is 1. The quantitative estimate of drug-likeness (QED) is 0.225. The molecular formula is C17H32IN7O2. The molecule has 1 fully saturated rings. The van der Waals surface area contributed by atoms with Crippen molar-refractivity contribution in [3.63, 3.8) is 0 Å². The second-order valence-corrected chi connectivity index (χ2v) is 6.36. The highest BCUT2D eigenvalue weighted by Gasteiger charge is 2.20. The number of ether oxygens (including phenoxy) is 1. The zero-order valence-corrected chi connectivity index (χ0v) is 18.8. The van der Waals surface area contributed by atoms with Gasteiger partial charge < -0.3 is 20.3 Å². The average molecular weight is 493 g/mol. The van der Waals surface area contributed by atoms with Crippen LogP contribution in [-0.2, 0) is 16.1 Å². The van der Waals surface area contributed by atoms with Gasteiger partial charge in [0.25, 0.3) is 0 Å². The third-order valence-corrected chi connectivity index (χ3v) is 4.27. The molecule has 1 aromatic heterocycles. The van der Waals surface area contributed by atoms with Crippen LogP contribution in [0.1, 0.15) is 5.56 Å². The molecule has 10 heteroatoms. The van der Waals surface area contributed by atoms with Gasteiger partial charge in [0, 0.05) is 59.6 Å². The van der Waals surface area contributed by atoms with E-state index in [0.717, 1.165) is 50.8 Å². The van der Waals surface area contributed by atoms with Crippen LogP contribution in [0, 0.1) is 6.92 Å². The fourth-order valence-corrected chi connectivity index (χ4v) is 2.87. The van der Waals surface area contributed by atoms with Crippen molar-refractivity contribution in [2.75, 3.05) is 66.6 Å². The lowest BCUT2D eigenvalue weighted by Crippen LogP contribution is -2.54. The van der Waals surface area contributed by atoms with E-state index in [2.05, 4.69) is 30.5 Å². The third-order valence-electron chi connectivity index (χ3n) is 4.27. The molecule has 27 heavy (non-hydrogen) atoms. The number of nitrogens with one attached hydrogen (secondary N) is 2. The first-order valence-electron chi connectivity index (χ1n) is 9.05. The van der Waals surface area contributed by atoms with Crippen molar-refractivity contribution in [2.24, 2.45) is 4.99 Å². The Balaban J connectivity index is 0.00000364. The summed E-state index contributed by atoms with van der Waals surface area (Å²) >= 11 is 0. The topological polar surface area (TPSA) is 87.0 Å². The molecular weight excluding hydrogens is 461 g/mol. The van der Waals surface area contributed by atoms with Gasteiger partial charge in [0.1, 0.15) is 0 Å². The molecule has 0 aliphatic carbocycles. The van der Waals surface area contributed by atoms with Crippen molar-refractivity contribution in [1.29, 1.82) is 0 Å². The van der Waals surface area contributed by atoms with Gasteiger partial charge in [-0.1, -0.05) is 0 Å². The van der Waals surface area contributed by atoms with Gasteiger partial charge >= 0.3 is 0 Å². The molecule has 1 aliphatic heterocycles. The summed E-state index contributed by atoms with van der Waals surface area (Å²) < 4.78 is 6.86. The van der Waals surface area contributed by atoms with Crippen LogP contribution < -0.4 is 10.6 Å². The van der Waals surface area contributed by atoms with Gasteiger partial charge in [-0.15, -0.1) is 24.0 Å². The molecule has 0 unspecified atom stereocenters. The van der Waals surface area contributed by atoms with Crippen LogP contribution in [0.2, 0.25) is 0 Å². The molecule has 1 aliphatic rings. The monoisotopic (exact) mass is 493 g/mol. The second-order valence-electron chi connectivity index (χ2n) is 6.36. The molecule has 2 heterocycles. The van der Waals surface area contributed by atoms with E-state index < -0.39 is 0 Å². The predicted octanol–water partition coefficient (Wildman–Crippen LogP) is -0.235. The number of amides is 1. The summed E-state index contributed by atoms with van der Waals surface area (Å²) in [6.07, 6.45) is 3.89. The van der Waals surface area contributed by atoms with Crippen molar-refractivity contribution in [3.8, 4) is 0 Å². The minimum absolute atomic E-state index is 0. The summed E-state index contributed by atoms with van der Waals surface area (Å²) in [7, 11) is 3.43. The highest BCUT2D eigenvalue weighted by molar-refractivity contribution is 14.0. The van der Waals surface area contributed by atoms with Gasteiger partial charge in [0.05, 0.1) is 25.9 Å². The number of aryl methyl sites for hydroxylation is 1. The lowest BCUT2D eigenvalue weighted by molar-refractivity contribution is -0.122. The maximum Gasteiger partial charge on any atom is 0.234 e. The zero-order valence-electron chi connectivity index (χ0n) is 16.5. The molecule has 2 N–H and O–H groups in total. The molecule has 1 aromatic rings. The predicted molar refractivity (Wildman–Crippen MR) is 117 cm³/mol. The van der Waals surface area contributed by atoms with Crippen LogP contribution in [0.4, 0.5) is 0 Å². The zero-order chi connectivity index (χ0) is 18.8. The molecule has 1 amide bonds. The van der Waals surface area contributed by atoms with Crippen molar-refractivity contribution in [1.82, 2.24) is 30.2 Å². The average Bonchev–Trinajstić information content (AvgIpc) is 3.05. The van der Waals surface area contributed by atoms with Crippen LogP contribution in [0.5, 0.6) is 0 Å². The fraction of sp³-hybridized carbons (Fsp3) is 0.706. The number of rotatable bonds is 8. The van der Waals surface area contributed by atoms with Crippen LogP contribution in [0.3, 0.4) is 0 Å². The summed E-state index contributed by atoms with van der Waals surface area (Å²) in [5, 5.41) is 10.5. The maximum atomic E-state index is 11.9. The number of hydrogen-bond acceptors (Lipinski definition) is 5. The highest BCUT2D eigenvalue weighted by atomic mass is 127. The lowest BCUT2D eigenvalue weighted by Gasteiger charge is -2.36. The Hall–Kier alpha value is -1.40. The van der Waals surface area contributed by atoms with Crippen molar-refractivity contribution in [2.45, 2.75) is 13.5 Å². The third kappa shape index (κ3) is 8.43. The second kappa shape index (κ2) is 12.9. The van der Waals surface area contributed by atoms with E-state index in [4.69, 9.17) is 4.74 Å². The summed E-state index contributed by atoms with van der Waals surface area (Å²) in [4.78, 5) is 20.6. The Labute approximate surface area is 178 Å². The molecule has 0 radical (unpaired) electrons. The van der Waals surface area contributed by atoms with Crippen molar-refractivity contribution >= 4 is 35.8 Å². The number of hydrogen-bond donors (Lipinski definition) is 2. The molecule has 0 saturated carbocycles. The smallest absolute Gasteiger partial charge is 0.234 e. The molecule has 0 aromatic carbocycles. The number of halogens is 1. The molecule has 0 spiro atoms. The SMILES string of the molecule is CN=C(NCCn1cc(C)cn1)N1CCN(CC(=O)NCCOC)CC1.I. The Bertz CT molecular complexity index is 586. The van der Waals surface area contributed by atoms with Crippen LogP contribution in [0.15, 0.2) is 17.4 Å². The first-order chi connectivity index (χ1) is 12.6. The largest absolute Gasteiger partial charge is 0.383 e. The number of methoxy groups -OCH3 is 1. The molecule has 154 valence electrons. The van der Waals surface area contributed by atoms with Gasteiger partial charge in [0.15, 0.2) is 5.96 Å².